The third-order valence-corrected chi connectivity index (χ3v) is 7.64. The predicted octanol–water partition coefficient (Wildman–Crippen LogP) is 8.67. The first-order valence-corrected chi connectivity index (χ1v) is 12.5. The molecule has 0 unspecified atom stereocenters. The summed E-state index contributed by atoms with van der Waals surface area (Å²) in [7, 11) is 0. The van der Waals surface area contributed by atoms with Gasteiger partial charge in [-0.3, -0.25) is 4.98 Å². The van der Waals surface area contributed by atoms with E-state index in [0.29, 0.717) is 0 Å². The molecule has 2 aromatic heterocycles. The summed E-state index contributed by atoms with van der Waals surface area (Å²) in [5.41, 5.74) is 12.2. The standard InChI is InChI=1S/C34H26N2/c1-34(2)28-14-6-3-11-25(28)26-12-4-7-16-30(26)36-31-17-8-5-13-27(31)32(33(34)36)24-20-18-23(19-21-24)29-15-9-10-22-35-29/h3-22H,1-2H3. The molecule has 2 nitrogen and oxygen atoms in total. The van der Waals surface area contributed by atoms with Crippen LogP contribution in [-0.2, 0) is 5.41 Å². The second-order valence-corrected chi connectivity index (χ2v) is 10.1. The van der Waals surface area contributed by atoms with Crippen LogP contribution in [0.15, 0.2) is 121 Å². The zero-order valence-electron chi connectivity index (χ0n) is 20.4. The maximum Gasteiger partial charge on any atom is 0.0701 e. The van der Waals surface area contributed by atoms with Crippen molar-refractivity contribution in [2.45, 2.75) is 19.3 Å². The monoisotopic (exact) mass is 462 g/mol. The summed E-state index contributed by atoms with van der Waals surface area (Å²) < 4.78 is 2.51. The fourth-order valence-corrected chi connectivity index (χ4v) is 6.00. The van der Waals surface area contributed by atoms with Crippen LogP contribution < -0.4 is 0 Å². The maximum atomic E-state index is 4.54. The zero-order chi connectivity index (χ0) is 24.3. The molecule has 36 heavy (non-hydrogen) atoms. The highest BCUT2D eigenvalue weighted by Crippen LogP contribution is 2.51. The first-order valence-electron chi connectivity index (χ1n) is 12.5. The Kier molecular flexibility index (Phi) is 4.52. The Morgan fingerprint density at radius 2 is 1.28 bits per heavy atom. The largest absolute Gasteiger partial charge is 0.311 e. The lowest BCUT2D eigenvalue weighted by atomic mass is 9.76. The minimum absolute atomic E-state index is 0.219. The van der Waals surface area contributed by atoms with E-state index in [1.165, 1.54) is 50.1 Å². The van der Waals surface area contributed by atoms with Crippen LogP contribution in [0.4, 0.5) is 0 Å². The van der Waals surface area contributed by atoms with Crippen molar-refractivity contribution in [2.24, 2.45) is 0 Å². The molecule has 172 valence electrons. The summed E-state index contributed by atoms with van der Waals surface area (Å²) in [6, 6.07) is 41.5. The lowest BCUT2D eigenvalue weighted by Crippen LogP contribution is -2.22. The highest BCUT2D eigenvalue weighted by atomic mass is 15.0. The second-order valence-electron chi connectivity index (χ2n) is 10.1. The summed E-state index contributed by atoms with van der Waals surface area (Å²) in [4.78, 5) is 4.54. The van der Waals surface area contributed by atoms with Crippen molar-refractivity contribution in [3.05, 3.63) is 133 Å². The van der Waals surface area contributed by atoms with Gasteiger partial charge in [-0.25, -0.2) is 0 Å². The van der Waals surface area contributed by atoms with Gasteiger partial charge in [0.15, 0.2) is 0 Å². The van der Waals surface area contributed by atoms with Crippen molar-refractivity contribution >= 4 is 10.9 Å². The smallest absolute Gasteiger partial charge is 0.0701 e. The van der Waals surface area contributed by atoms with Gasteiger partial charge in [-0.2, -0.15) is 0 Å². The number of aromatic nitrogens is 2. The highest BCUT2D eigenvalue weighted by Gasteiger charge is 2.37. The number of rotatable bonds is 2. The van der Waals surface area contributed by atoms with Crippen molar-refractivity contribution in [2.75, 3.05) is 0 Å². The van der Waals surface area contributed by atoms with Gasteiger partial charge in [0.1, 0.15) is 0 Å². The molecule has 0 saturated heterocycles. The van der Waals surface area contributed by atoms with Gasteiger partial charge in [0.25, 0.3) is 0 Å². The molecular formula is C34H26N2. The molecule has 0 atom stereocenters. The topological polar surface area (TPSA) is 17.8 Å². The molecule has 0 saturated carbocycles. The number of pyridine rings is 1. The zero-order valence-corrected chi connectivity index (χ0v) is 20.4. The Morgan fingerprint density at radius 3 is 2.08 bits per heavy atom. The van der Waals surface area contributed by atoms with Crippen molar-refractivity contribution in [1.82, 2.24) is 9.55 Å². The fourth-order valence-electron chi connectivity index (χ4n) is 6.00. The molecular weight excluding hydrogens is 436 g/mol. The number of para-hydroxylation sites is 2. The summed E-state index contributed by atoms with van der Waals surface area (Å²) in [6.45, 7) is 4.74. The molecule has 0 spiro atoms. The van der Waals surface area contributed by atoms with Gasteiger partial charge in [0.2, 0.25) is 0 Å². The van der Waals surface area contributed by atoms with Gasteiger partial charge in [-0.1, -0.05) is 105 Å². The second kappa shape index (κ2) is 7.79. The van der Waals surface area contributed by atoms with E-state index < -0.39 is 0 Å². The number of fused-ring (bicyclic) bond motifs is 7. The number of benzene rings is 4. The van der Waals surface area contributed by atoms with Crippen molar-refractivity contribution in [3.63, 3.8) is 0 Å². The summed E-state index contributed by atoms with van der Waals surface area (Å²) in [5.74, 6) is 0. The van der Waals surface area contributed by atoms with E-state index in [9.17, 15) is 0 Å². The maximum absolute atomic E-state index is 4.54. The number of nitrogens with zero attached hydrogens (tertiary/aromatic N) is 2. The van der Waals surface area contributed by atoms with E-state index in [1.54, 1.807) is 0 Å². The average Bonchev–Trinajstić information content (AvgIpc) is 3.26. The Morgan fingerprint density at radius 1 is 0.611 bits per heavy atom. The van der Waals surface area contributed by atoms with E-state index in [-0.39, 0.29) is 5.41 Å². The normalized spacial score (nSPS) is 13.5. The van der Waals surface area contributed by atoms with Crippen LogP contribution in [0.2, 0.25) is 0 Å². The van der Waals surface area contributed by atoms with E-state index >= 15 is 0 Å². The van der Waals surface area contributed by atoms with Crippen LogP contribution >= 0.6 is 0 Å². The summed E-state index contributed by atoms with van der Waals surface area (Å²) in [5, 5.41) is 1.28. The van der Waals surface area contributed by atoms with Gasteiger partial charge in [-0.05, 0) is 41.0 Å². The van der Waals surface area contributed by atoms with Crippen LogP contribution in [-0.4, -0.2) is 9.55 Å². The molecule has 4 aromatic carbocycles. The average molecular weight is 463 g/mol. The molecule has 7 rings (SSSR count). The molecule has 0 N–H and O–H groups in total. The Hall–Kier alpha value is -4.43. The van der Waals surface area contributed by atoms with Gasteiger partial charge >= 0.3 is 0 Å². The van der Waals surface area contributed by atoms with Gasteiger partial charge in [0, 0.05) is 39.4 Å². The van der Waals surface area contributed by atoms with Crippen molar-refractivity contribution in [3.8, 4) is 39.2 Å². The molecule has 0 amide bonds. The van der Waals surface area contributed by atoms with Gasteiger partial charge in [0.05, 0.1) is 16.9 Å². The molecule has 0 radical (unpaired) electrons. The molecule has 0 aliphatic carbocycles. The first-order chi connectivity index (χ1) is 17.6. The summed E-state index contributed by atoms with van der Waals surface area (Å²) in [6.07, 6.45) is 1.85. The lowest BCUT2D eigenvalue weighted by molar-refractivity contribution is 0.613. The fraction of sp³-hybridized carbons (Fsp3) is 0.0882. The Labute approximate surface area is 211 Å². The first kappa shape index (κ1) is 20.9. The van der Waals surface area contributed by atoms with E-state index in [4.69, 9.17) is 0 Å². The highest BCUT2D eigenvalue weighted by molar-refractivity contribution is 6.02. The van der Waals surface area contributed by atoms with Crippen LogP contribution in [0.25, 0.3) is 50.1 Å². The third-order valence-electron chi connectivity index (χ3n) is 7.64. The van der Waals surface area contributed by atoms with Crippen molar-refractivity contribution in [1.29, 1.82) is 0 Å². The van der Waals surface area contributed by atoms with E-state index in [0.717, 1.165) is 11.3 Å². The van der Waals surface area contributed by atoms with Crippen molar-refractivity contribution < 1.29 is 0 Å². The molecule has 3 heterocycles. The quantitative estimate of drug-likeness (QED) is 0.252. The van der Waals surface area contributed by atoms with E-state index in [1.807, 2.05) is 18.3 Å². The minimum Gasteiger partial charge on any atom is -0.311 e. The van der Waals surface area contributed by atoms with E-state index in [2.05, 4.69) is 127 Å². The summed E-state index contributed by atoms with van der Waals surface area (Å²) >= 11 is 0. The van der Waals surface area contributed by atoms with Crippen LogP contribution in [0, 0.1) is 0 Å². The molecule has 0 fully saturated rings. The van der Waals surface area contributed by atoms with Crippen LogP contribution in [0.1, 0.15) is 25.1 Å². The van der Waals surface area contributed by atoms with Gasteiger partial charge in [-0.15, -0.1) is 0 Å². The predicted molar refractivity (Wildman–Crippen MR) is 150 cm³/mol. The molecule has 0 bridgehead atoms. The molecule has 6 aromatic rings. The third kappa shape index (κ3) is 2.94. The number of hydrogen-bond acceptors (Lipinski definition) is 1. The number of hydrogen-bond donors (Lipinski definition) is 0. The molecule has 2 heteroatoms. The van der Waals surface area contributed by atoms with Gasteiger partial charge < -0.3 is 4.57 Å². The van der Waals surface area contributed by atoms with Crippen LogP contribution in [0.3, 0.4) is 0 Å². The molecule has 1 aliphatic rings. The lowest BCUT2D eigenvalue weighted by Gasteiger charge is -2.28. The Balaban J connectivity index is 1.57. The minimum atomic E-state index is -0.219. The molecule has 1 aliphatic heterocycles. The van der Waals surface area contributed by atoms with Crippen LogP contribution in [0.5, 0.6) is 0 Å². The Bertz CT molecular complexity index is 1740. The SMILES string of the molecule is CC1(C)c2ccccc2-c2ccccc2-n2c1c(-c1ccc(-c3ccccn3)cc1)c1ccccc12.